The molecule has 0 aliphatic carbocycles. The lowest BCUT2D eigenvalue weighted by atomic mass is 9.98. The highest BCUT2D eigenvalue weighted by molar-refractivity contribution is 9.10. The third kappa shape index (κ3) is 3.20. The molecule has 3 heteroatoms. The van der Waals surface area contributed by atoms with E-state index in [1.807, 2.05) is 30.3 Å². The molecular formula is C17H16BrNO. The monoisotopic (exact) mass is 329 g/mol. The first-order chi connectivity index (χ1) is 9.65. The van der Waals surface area contributed by atoms with E-state index < -0.39 is 0 Å². The molecule has 20 heavy (non-hydrogen) atoms. The molecule has 0 fully saturated rings. The van der Waals surface area contributed by atoms with Gasteiger partial charge in [-0.05, 0) is 42.2 Å². The van der Waals surface area contributed by atoms with Crippen LogP contribution in [0.5, 0.6) is 11.5 Å². The minimum atomic E-state index is 0.423. The van der Waals surface area contributed by atoms with Crippen LogP contribution in [0.2, 0.25) is 0 Å². The summed E-state index contributed by atoms with van der Waals surface area (Å²) in [6.07, 6.45) is 1.05. The highest BCUT2D eigenvalue weighted by atomic mass is 79.9. The molecule has 1 unspecified atom stereocenters. The summed E-state index contributed by atoms with van der Waals surface area (Å²) < 4.78 is 6.84. The van der Waals surface area contributed by atoms with Crippen LogP contribution in [-0.2, 0) is 0 Å². The maximum Gasteiger partial charge on any atom is 0.145 e. The summed E-state index contributed by atoms with van der Waals surface area (Å²) in [6, 6.07) is 15.6. The van der Waals surface area contributed by atoms with Crippen molar-refractivity contribution >= 4 is 15.9 Å². The summed E-state index contributed by atoms with van der Waals surface area (Å²) >= 11 is 3.36. The van der Waals surface area contributed by atoms with Gasteiger partial charge in [0.15, 0.2) is 0 Å². The van der Waals surface area contributed by atoms with Gasteiger partial charge in [-0.3, -0.25) is 0 Å². The number of halogens is 1. The van der Waals surface area contributed by atoms with Crippen LogP contribution in [0.4, 0.5) is 0 Å². The van der Waals surface area contributed by atoms with Gasteiger partial charge in [0.1, 0.15) is 17.6 Å². The molecule has 0 heterocycles. The minimum absolute atomic E-state index is 0.423. The predicted octanol–water partition coefficient (Wildman–Crippen LogP) is 5.63. The SMILES string of the molecule is CCC(C)c1ccccc1Oc1ccc(Br)cc1C#N. The number of nitrogens with zero attached hydrogens (tertiary/aromatic N) is 1. The fraction of sp³-hybridized carbons (Fsp3) is 0.235. The molecule has 0 radical (unpaired) electrons. The molecule has 0 aliphatic heterocycles. The molecule has 0 spiro atoms. The molecule has 0 bridgehead atoms. The van der Waals surface area contributed by atoms with Crippen LogP contribution >= 0.6 is 15.9 Å². The molecular weight excluding hydrogens is 314 g/mol. The summed E-state index contributed by atoms with van der Waals surface area (Å²) in [5.74, 6) is 1.83. The third-order valence-electron chi connectivity index (χ3n) is 3.34. The summed E-state index contributed by atoms with van der Waals surface area (Å²) in [7, 11) is 0. The smallest absolute Gasteiger partial charge is 0.145 e. The van der Waals surface area contributed by atoms with E-state index in [4.69, 9.17) is 4.74 Å². The Kier molecular flexibility index (Phi) is 4.81. The van der Waals surface area contributed by atoms with E-state index >= 15 is 0 Å². The van der Waals surface area contributed by atoms with Crippen molar-refractivity contribution in [3.63, 3.8) is 0 Å². The fourth-order valence-corrected chi connectivity index (χ4v) is 2.36. The third-order valence-corrected chi connectivity index (χ3v) is 3.84. The second-order valence-corrected chi connectivity index (χ2v) is 5.62. The topological polar surface area (TPSA) is 33.0 Å². The lowest BCUT2D eigenvalue weighted by Crippen LogP contribution is -1.97. The average Bonchev–Trinajstić information content (AvgIpc) is 2.48. The average molecular weight is 330 g/mol. The van der Waals surface area contributed by atoms with Gasteiger partial charge < -0.3 is 4.74 Å². The Morgan fingerprint density at radius 3 is 2.65 bits per heavy atom. The Bertz CT molecular complexity index is 646. The van der Waals surface area contributed by atoms with Crippen LogP contribution < -0.4 is 4.74 Å². The highest BCUT2D eigenvalue weighted by Gasteiger charge is 2.12. The molecule has 2 rings (SSSR count). The van der Waals surface area contributed by atoms with Crippen molar-refractivity contribution in [3.05, 3.63) is 58.1 Å². The first-order valence-corrected chi connectivity index (χ1v) is 7.41. The maximum atomic E-state index is 9.19. The van der Waals surface area contributed by atoms with Gasteiger partial charge in [0.2, 0.25) is 0 Å². The van der Waals surface area contributed by atoms with E-state index in [2.05, 4.69) is 41.9 Å². The second kappa shape index (κ2) is 6.58. The zero-order valence-corrected chi connectivity index (χ0v) is 13.1. The normalized spacial score (nSPS) is 11.7. The van der Waals surface area contributed by atoms with E-state index in [1.54, 1.807) is 6.07 Å². The predicted molar refractivity (Wildman–Crippen MR) is 84.1 cm³/mol. The van der Waals surface area contributed by atoms with Crippen LogP contribution in [0, 0.1) is 11.3 Å². The van der Waals surface area contributed by atoms with Gasteiger partial charge in [-0.15, -0.1) is 0 Å². The Morgan fingerprint density at radius 1 is 1.20 bits per heavy atom. The number of hydrogen-bond acceptors (Lipinski definition) is 2. The van der Waals surface area contributed by atoms with Crippen molar-refractivity contribution in [2.75, 3.05) is 0 Å². The molecule has 1 atom stereocenters. The van der Waals surface area contributed by atoms with E-state index in [9.17, 15) is 5.26 Å². The van der Waals surface area contributed by atoms with Crippen LogP contribution in [0.3, 0.4) is 0 Å². The molecule has 2 aromatic rings. The van der Waals surface area contributed by atoms with Crippen LogP contribution in [0.1, 0.15) is 37.3 Å². The summed E-state index contributed by atoms with van der Waals surface area (Å²) in [4.78, 5) is 0. The molecule has 0 aromatic heterocycles. The zero-order chi connectivity index (χ0) is 14.5. The van der Waals surface area contributed by atoms with Gasteiger partial charge >= 0.3 is 0 Å². The highest BCUT2D eigenvalue weighted by Crippen LogP contribution is 2.33. The fourth-order valence-electron chi connectivity index (χ4n) is 2.00. The van der Waals surface area contributed by atoms with E-state index in [0.29, 0.717) is 17.2 Å². The van der Waals surface area contributed by atoms with E-state index in [-0.39, 0.29) is 0 Å². The molecule has 0 saturated heterocycles. The minimum Gasteiger partial charge on any atom is -0.456 e. The van der Waals surface area contributed by atoms with Gasteiger partial charge in [0, 0.05) is 4.47 Å². The van der Waals surface area contributed by atoms with E-state index in [0.717, 1.165) is 16.6 Å². The molecule has 0 N–H and O–H groups in total. The van der Waals surface area contributed by atoms with Gasteiger partial charge in [-0.25, -0.2) is 0 Å². The first-order valence-electron chi connectivity index (χ1n) is 6.62. The Hall–Kier alpha value is -1.79. The van der Waals surface area contributed by atoms with Crippen molar-refractivity contribution in [1.82, 2.24) is 0 Å². The van der Waals surface area contributed by atoms with Crippen molar-refractivity contribution in [1.29, 1.82) is 5.26 Å². The van der Waals surface area contributed by atoms with E-state index in [1.165, 1.54) is 5.56 Å². The van der Waals surface area contributed by atoms with Gasteiger partial charge in [-0.1, -0.05) is 48.0 Å². The first kappa shape index (κ1) is 14.6. The zero-order valence-electron chi connectivity index (χ0n) is 11.6. The number of benzene rings is 2. The molecule has 2 aromatic carbocycles. The van der Waals surface area contributed by atoms with Crippen molar-refractivity contribution < 1.29 is 4.74 Å². The Balaban J connectivity index is 2.38. The summed E-state index contributed by atoms with van der Waals surface area (Å²) in [6.45, 7) is 4.33. The number of nitriles is 1. The van der Waals surface area contributed by atoms with Crippen molar-refractivity contribution in [2.24, 2.45) is 0 Å². The lowest BCUT2D eigenvalue weighted by molar-refractivity contribution is 0.469. The van der Waals surface area contributed by atoms with Gasteiger partial charge in [0.25, 0.3) is 0 Å². The molecule has 102 valence electrons. The largest absolute Gasteiger partial charge is 0.456 e. The van der Waals surface area contributed by atoms with Crippen LogP contribution in [0.25, 0.3) is 0 Å². The number of ether oxygens (including phenoxy) is 1. The quantitative estimate of drug-likeness (QED) is 0.728. The molecule has 0 saturated carbocycles. The molecule has 0 amide bonds. The van der Waals surface area contributed by atoms with Crippen molar-refractivity contribution in [2.45, 2.75) is 26.2 Å². The maximum absolute atomic E-state index is 9.19. The molecule has 2 nitrogen and oxygen atoms in total. The number of para-hydroxylation sites is 1. The van der Waals surface area contributed by atoms with Gasteiger partial charge in [0.05, 0.1) is 5.56 Å². The summed E-state index contributed by atoms with van der Waals surface area (Å²) in [5.41, 5.74) is 1.69. The van der Waals surface area contributed by atoms with Gasteiger partial charge in [-0.2, -0.15) is 5.26 Å². The Labute approximate surface area is 128 Å². The molecule has 0 aliphatic rings. The lowest BCUT2D eigenvalue weighted by Gasteiger charge is -2.16. The summed E-state index contributed by atoms with van der Waals surface area (Å²) in [5, 5.41) is 9.19. The second-order valence-electron chi connectivity index (χ2n) is 4.70. The Morgan fingerprint density at radius 2 is 1.95 bits per heavy atom. The standard InChI is InChI=1S/C17H16BrNO/c1-3-12(2)15-6-4-5-7-17(15)20-16-9-8-14(18)10-13(16)11-19/h4-10,12H,3H2,1-2H3. The number of hydrogen-bond donors (Lipinski definition) is 0. The van der Waals surface area contributed by atoms with Crippen molar-refractivity contribution in [3.8, 4) is 17.6 Å². The number of rotatable bonds is 4. The van der Waals surface area contributed by atoms with Crippen LogP contribution in [-0.4, -0.2) is 0 Å². The van der Waals surface area contributed by atoms with Crippen LogP contribution in [0.15, 0.2) is 46.9 Å².